The van der Waals surface area contributed by atoms with Crippen molar-refractivity contribution in [2.75, 3.05) is 39.2 Å². The van der Waals surface area contributed by atoms with Crippen molar-refractivity contribution in [3.63, 3.8) is 0 Å². The van der Waals surface area contributed by atoms with Crippen molar-refractivity contribution in [1.82, 2.24) is 14.6 Å². The van der Waals surface area contributed by atoms with Crippen molar-refractivity contribution < 1.29 is 17.5 Å². The minimum Gasteiger partial charge on any atom is -0.382 e. The predicted octanol–water partition coefficient (Wildman–Crippen LogP) is 2.25. The van der Waals surface area contributed by atoms with Crippen LogP contribution in [-0.2, 0) is 21.3 Å². The molecule has 2 heterocycles. The van der Waals surface area contributed by atoms with Crippen LogP contribution in [0.2, 0.25) is 0 Å². The molecule has 0 aliphatic carbocycles. The SMILES string of the molecule is COCC(F)CNc1nc(C)ccc1S(=O)(=O)NC1CN(C)Cc2ccccc21. The number of methoxy groups -OCH3 is 1. The Balaban J connectivity index is 1.86. The third-order valence-corrected chi connectivity index (χ3v) is 6.29. The van der Waals surface area contributed by atoms with Crippen LogP contribution in [0.3, 0.4) is 0 Å². The zero-order valence-corrected chi connectivity index (χ0v) is 17.7. The number of likely N-dealkylation sites (N-methyl/N-ethyl adjacent to an activating group) is 1. The number of ether oxygens (including phenoxy) is 1. The van der Waals surface area contributed by atoms with Crippen LogP contribution in [0.4, 0.5) is 10.2 Å². The lowest BCUT2D eigenvalue weighted by Gasteiger charge is -2.32. The quantitative estimate of drug-likeness (QED) is 0.679. The average Bonchev–Trinajstić information content (AvgIpc) is 2.66. The molecule has 2 atom stereocenters. The lowest BCUT2D eigenvalue weighted by atomic mass is 9.96. The van der Waals surface area contributed by atoms with Gasteiger partial charge in [-0.2, -0.15) is 0 Å². The first-order valence-electron chi connectivity index (χ1n) is 9.43. The maximum Gasteiger partial charge on any atom is 0.244 e. The number of aryl methyl sites for hydroxylation is 1. The molecular weight excluding hydrogens is 395 g/mol. The fraction of sp³-hybridized carbons (Fsp3) is 0.450. The monoisotopic (exact) mass is 422 g/mol. The van der Waals surface area contributed by atoms with E-state index >= 15 is 0 Å². The highest BCUT2D eigenvalue weighted by Gasteiger charge is 2.29. The summed E-state index contributed by atoms with van der Waals surface area (Å²) in [7, 11) is -0.523. The second-order valence-corrected chi connectivity index (χ2v) is 8.98. The van der Waals surface area contributed by atoms with Gasteiger partial charge in [0.1, 0.15) is 16.9 Å². The molecule has 29 heavy (non-hydrogen) atoms. The van der Waals surface area contributed by atoms with E-state index in [-0.39, 0.29) is 29.9 Å². The number of aromatic nitrogens is 1. The first-order chi connectivity index (χ1) is 13.8. The number of pyridine rings is 1. The smallest absolute Gasteiger partial charge is 0.244 e. The summed E-state index contributed by atoms with van der Waals surface area (Å²) in [6, 6.07) is 10.5. The molecule has 2 unspecified atom stereocenters. The Morgan fingerprint density at radius 2 is 2.07 bits per heavy atom. The fourth-order valence-electron chi connectivity index (χ4n) is 3.47. The van der Waals surface area contributed by atoms with Gasteiger partial charge in [0, 0.05) is 32.4 Å². The molecule has 9 heteroatoms. The molecule has 0 fully saturated rings. The highest BCUT2D eigenvalue weighted by Crippen LogP contribution is 2.28. The molecule has 0 radical (unpaired) electrons. The summed E-state index contributed by atoms with van der Waals surface area (Å²) >= 11 is 0. The minimum atomic E-state index is -3.89. The Morgan fingerprint density at radius 3 is 2.83 bits per heavy atom. The molecule has 158 valence electrons. The van der Waals surface area contributed by atoms with Gasteiger partial charge in [-0.25, -0.2) is 22.5 Å². The van der Waals surface area contributed by atoms with E-state index in [1.807, 2.05) is 31.3 Å². The average molecular weight is 423 g/mol. The maximum atomic E-state index is 13.8. The number of hydrogen-bond acceptors (Lipinski definition) is 6. The van der Waals surface area contributed by atoms with Crippen molar-refractivity contribution >= 4 is 15.8 Å². The third-order valence-electron chi connectivity index (χ3n) is 4.79. The van der Waals surface area contributed by atoms with Crippen LogP contribution >= 0.6 is 0 Å². The Kier molecular flexibility index (Phi) is 6.84. The number of fused-ring (bicyclic) bond motifs is 1. The van der Waals surface area contributed by atoms with Gasteiger partial charge < -0.3 is 15.0 Å². The summed E-state index contributed by atoms with van der Waals surface area (Å²) in [6.45, 7) is 2.90. The zero-order valence-electron chi connectivity index (χ0n) is 16.9. The second kappa shape index (κ2) is 9.17. The number of anilines is 1. The van der Waals surface area contributed by atoms with E-state index in [1.165, 1.54) is 13.2 Å². The van der Waals surface area contributed by atoms with Crippen LogP contribution in [0, 0.1) is 6.92 Å². The summed E-state index contributed by atoms with van der Waals surface area (Å²) in [4.78, 5) is 6.34. The number of alkyl halides is 1. The number of nitrogens with one attached hydrogen (secondary N) is 2. The molecule has 7 nitrogen and oxygen atoms in total. The van der Waals surface area contributed by atoms with Gasteiger partial charge in [0.25, 0.3) is 0 Å². The van der Waals surface area contributed by atoms with Crippen LogP contribution in [0.25, 0.3) is 0 Å². The van der Waals surface area contributed by atoms with E-state index in [1.54, 1.807) is 13.0 Å². The number of hydrogen-bond donors (Lipinski definition) is 2. The minimum absolute atomic E-state index is 0.00146. The van der Waals surface area contributed by atoms with E-state index in [0.717, 1.165) is 17.7 Å². The number of sulfonamides is 1. The highest BCUT2D eigenvalue weighted by atomic mass is 32.2. The number of nitrogens with zero attached hydrogens (tertiary/aromatic N) is 2. The number of benzene rings is 1. The molecular formula is C20H27FN4O3S. The largest absolute Gasteiger partial charge is 0.382 e. The summed E-state index contributed by atoms with van der Waals surface area (Å²) in [5, 5.41) is 2.81. The molecule has 1 aliphatic heterocycles. The maximum absolute atomic E-state index is 13.8. The first kappa shape index (κ1) is 21.6. The third kappa shape index (κ3) is 5.30. The molecule has 0 amide bonds. The van der Waals surface area contributed by atoms with Crippen LogP contribution in [0.1, 0.15) is 22.9 Å². The molecule has 1 aromatic carbocycles. The van der Waals surface area contributed by atoms with Gasteiger partial charge in [-0.05, 0) is 37.2 Å². The van der Waals surface area contributed by atoms with Crippen LogP contribution in [-0.4, -0.2) is 58.3 Å². The van der Waals surface area contributed by atoms with Crippen molar-refractivity contribution in [2.24, 2.45) is 0 Å². The van der Waals surface area contributed by atoms with Crippen LogP contribution in [0.5, 0.6) is 0 Å². The van der Waals surface area contributed by atoms with E-state index < -0.39 is 16.2 Å². The molecule has 3 rings (SSSR count). The van der Waals surface area contributed by atoms with E-state index in [4.69, 9.17) is 4.74 Å². The Labute approximate surface area is 171 Å². The lowest BCUT2D eigenvalue weighted by molar-refractivity contribution is 0.130. The summed E-state index contributed by atoms with van der Waals surface area (Å²) in [5.41, 5.74) is 2.69. The molecule has 1 aliphatic rings. The molecule has 1 aromatic heterocycles. The first-order valence-corrected chi connectivity index (χ1v) is 10.9. The Bertz CT molecular complexity index is 954. The van der Waals surface area contributed by atoms with Gasteiger partial charge >= 0.3 is 0 Å². The van der Waals surface area contributed by atoms with Crippen molar-refractivity contribution in [3.8, 4) is 0 Å². The van der Waals surface area contributed by atoms with Gasteiger partial charge in [-0.1, -0.05) is 24.3 Å². The van der Waals surface area contributed by atoms with Gasteiger partial charge in [0.2, 0.25) is 10.0 Å². The predicted molar refractivity (Wildman–Crippen MR) is 110 cm³/mol. The van der Waals surface area contributed by atoms with Gasteiger partial charge in [0.05, 0.1) is 12.6 Å². The lowest BCUT2D eigenvalue weighted by Crippen LogP contribution is -2.40. The van der Waals surface area contributed by atoms with Gasteiger partial charge in [-0.3, -0.25) is 0 Å². The van der Waals surface area contributed by atoms with Crippen molar-refractivity contribution in [1.29, 1.82) is 0 Å². The number of halogens is 1. The zero-order chi connectivity index (χ0) is 21.0. The van der Waals surface area contributed by atoms with Gasteiger partial charge in [0.15, 0.2) is 0 Å². The van der Waals surface area contributed by atoms with E-state index in [9.17, 15) is 12.8 Å². The summed E-state index contributed by atoms with van der Waals surface area (Å²) < 4.78 is 47.8. The normalized spacial score (nSPS) is 18.3. The van der Waals surface area contributed by atoms with Crippen LogP contribution < -0.4 is 10.0 Å². The molecule has 0 bridgehead atoms. The number of rotatable bonds is 8. The summed E-state index contributed by atoms with van der Waals surface area (Å²) in [6.07, 6.45) is -1.27. The topological polar surface area (TPSA) is 83.6 Å². The van der Waals surface area contributed by atoms with E-state index in [0.29, 0.717) is 12.2 Å². The molecule has 2 aromatic rings. The molecule has 0 saturated heterocycles. The highest BCUT2D eigenvalue weighted by molar-refractivity contribution is 7.89. The van der Waals surface area contributed by atoms with Crippen LogP contribution in [0.15, 0.2) is 41.3 Å². The Morgan fingerprint density at radius 1 is 1.31 bits per heavy atom. The molecule has 2 N–H and O–H groups in total. The summed E-state index contributed by atoms with van der Waals surface area (Å²) in [5.74, 6) is 0.133. The molecule has 0 spiro atoms. The fourth-order valence-corrected chi connectivity index (χ4v) is 4.79. The van der Waals surface area contributed by atoms with Crippen molar-refractivity contribution in [3.05, 3.63) is 53.2 Å². The van der Waals surface area contributed by atoms with Gasteiger partial charge in [-0.15, -0.1) is 0 Å². The Hall–Kier alpha value is -2.07. The van der Waals surface area contributed by atoms with Crippen molar-refractivity contribution in [2.45, 2.75) is 30.6 Å². The second-order valence-electron chi connectivity index (χ2n) is 7.30. The molecule has 0 saturated carbocycles. The van der Waals surface area contributed by atoms with E-state index in [2.05, 4.69) is 19.9 Å². The standard InChI is InChI=1S/C20H27FN4O3S/c1-14-8-9-19(20(23-14)22-10-16(21)13-28-3)29(26,27)24-18-12-25(2)11-15-6-4-5-7-17(15)18/h4-9,16,18,24H,10-13H2,1-3H3,(H,22,23).